The Morgan fingerprint density at radius 2 is 2.00 bits per heavy atom. The number of anilines is 2. The summed E-state index contributed by atoms with van der Waals surface area (Å²) in [5, 5.41) is 2.60. The Hall–Kier alpha value is -1.88. The van der Waals surface area contributed by atoms with Gasteiger partial charge in [0.05, 0.1) is 5.56 Å². The van der Waals surface area contributed by atoms with Crippen LogP contribution in [0.3, 0.4) is 0 Å². The van der Waals surface area contributed by atoms with Crippen molar-refractivity contribution in [3.63, 3.8) is 0 Å². The second-order valence-corrected chi connectivity index (χ2v) is 4.56. The summed E-state index contributed by atoms with van der Waals surface area (Å²) in [6.45, 7) is 0. The lowest BCUT2D eigenvalue weighted by Crippen LogP contribution is -2.13. The van der Waals surface area contributed by atoms with Gasteiger partial charge in [-0.15, -0.1) is 0 Å². The third-order valence-corrected chi connectivity index (χ3v) is 3.01. The molecule has 0 heterocycles. The molecule has 0 aliphatic rings. The molecule has 92 valence electrons. The number of nitrogen functional groups attached to an aromatic ring is 1. The molecule has 0 aliphatic heterocycles. The second-order valence-electron chi connectivity index (χ2n) is 3.70. The van der Waals surface area contributed by atoms with Gasteiger partial charge in [-0.3, -0.25) is 4.79 Å². The van der Waals surface area contributed by atoms with Crippen molar-refractivity contribution in [2.75, 3.05) is 11.1 Å². The summed E-state index contributed by atoms with van der Waals surface area (Å²) in [5.74, 6) is -0.751. The number of nitrogens with one attached hydrogen (secondary N) is 1. The van der Waals surface area contributed by atoms with Crippen LogP contribution < -0.4 is 11.1 Å². The Kier molecular flexibility index (Phi) is 3.62. The first-order valence-corrected chi connectivity index (χ1v) is 5.97. The number of halogens is 2. The first kappa shape index (κ1) is 12.6. The van der Waals surface area contributed by atoms with Gasteiger partial charge < -0.3 is 11.1 Å². The normalized spacial score (nSPS) is 10.1. The topological polar surface area (TPSA) is 55.1 Å². The van der Waals surface area contributed by atoms with Gasteiger partial charge in [-0.2, -0.15) is 0 Å². The first-order chi connectivity index (χ1) is 8.56. The molecule has 0 radical (unpaired) electrons. The van der Waals surface area contributed by atoms with E-state index in [0.29, 0.717) is 21.4 Å². The van der Waals surface area contributed by atoms with Crippen molar-refractivity contribution in [3.8, 4) is 0 Å². The summed E-state index contributed by atoms with van der Waals surface area (Å²) in [6.07, 6.45) is 0. The molecule has 2 aromatic carbocycles. The summed E-state index contributed by atoms with van der Waals surface area (Å²) >= 11 is 3.27. The van der Waals surface area contributed by atoms with Crippen molar-refractivity contribution in [2.24, 2.45) is 0 Å². The number of carbonyl (C=O) groups is 1. The minimum atomic E-state index is -0.403. The molecular formula is C13H10BrFN2O. The Morgan fingerprint density at radius 1 is 1.22 bits per heavy atom. The lowest BCUT2D eigenvalue weighted by molar-refractivity contribution is 0.102. The smallest absolute Gasteiger partial charge is 0.256 e. The summed E-state index contributed by atoms with van der Waals surface area (Å²) in [5.41, 5.74) is 6.91. The number of carbonyl (C=O) groups excluding carboxylic acids is 1. The molecule has 0 aromatic heterocycles. The lowest BCUT2D eigenvalue weighted by Gasteiger charge is -2.07. The van der Waals surface area contributed by atoms with Crippen LogP contribution in [0, 0.1) is 5.82 Å². The zero-order valence-corrected chi connectivity index (χ0v) is 10.9. The van der Waals surface area contributed by atoms with Crippen LogP contribution in [0.15, 0.2) is 46.9 Å². The highest BCUT2D eigenvalue weighted by molar-refractivity contribution is 9.10. The molecule has 5 heteroatoms. The van der Waals surface area contributed by atoms with Crippen LogP contribution in [0.1, 0.15) is 10.4 Å². The third-order valence-electron chi connectivity index (χ3n) is 2.32. The van der Waals surface area contributed by atoms with Crippen LogP contribution in [0.4, 0.5) is 15.8 Å². The van der Waals surface area contributed by atoms with E-state index in [1.54, 1.807) is 24.3 Å². The van der Waals surface area contributed by atoms with E-state index in [1.165, 1.54) is 18.2 Å². The van der Waals surface area contributed by atoms with E-state index in [-0.39, 0.29) is 5.91 Å². The molecule has 2 rings (SSSR count). The van der Waals surface area contributed by atoms with Gasteiger partial charge in [0.15, 0.2) is 0 Å². The molecule has 2 aromatic rings. The highest BCUT2D eigenvalue weighted by Gasteiger charge is 2.10. The molecule has 3 N–H and O–H groups in total. The fourth-order valence-electron chi connectivity index (χ4n) is 1.48. The third kappa shape index (κ3) is 2.87. The zero-order valence-electron chi connectivity index (χ0n) is 9.28. The molecule has 0 saturated heterocycles. The maximum absolute atomic E-state index is 13.0. The highest BCUT2D eigenvalue weighted by Crippen LogP contribution is 2.21. The van der Waals surface area contributed by atoms with Crippen molar-refractivity contribution < 1.29 is 9.18 Å². The molecule has 0 saturated carbocycles. The van der Waals surface area contributed by atoms with E-state index in [2.05, 4.69) is 21.2 Å². The average Bonchev–Trinajstić information content (AvgIpc) is 2.32. The second kappa shape index (κ2) is 5.18. The van der Waals surface area contributed by atoms with Crippen LogP contribution in [0.5, 0.6) is 0 Å². The molecule has 0 bridgehead atoms. The zero-order chi connectivity index (χ0) is 13.1. The van der Waals surface area contributed by atoms with Crippen LogP contribution >= 0.6 is 15.9 Å². The van der Waals surface area contributed by atoms with E-state index < -0.39 is 5.82 Å². The van der Waals surface area contributed by atoms with Crippen molar-refractivity contribution in [1.82, 2.24) is 0 Å². The maximum atomic E-state index is 13.0. The van der Waals surface area contributed by atoms with Gasteiger partial charge in [0.2, 0.25) is 0 Å². The van der Waals surface area contributed by atoms with Crippen LogP contribution in [-0.4, -0.2) is 5.91 Å². The van der Waals surface area contributed by atoms with E-state index in [9.17, 15) is 9.18 Å². The number of amides is 1. The van der Waals surface area contributed by atoms with Gasteiger partial charge in [-0.1, -0.05) is 6.07 Å². The molecule has 1 amide bonds. The van der Waals surface area contributed by atoms with Crippen molar-refractivity contribution in [1.29, 1.82) is 0 Å². The van der Waals surface area contributed by atoms with Crippen LogP contribution in [0.25, 0.3) is 0 Å². The quantitative estimate of drug-likeness (QED) is 0.835. The Labute approximate surface area is 112 Å². The highest BCUT2D eigenvalue weighted by atomic mass is 79.9. The van der Waals surface area contributed by atoms with Gasteiger partial charge in [-0.05, 0) is 52.3 Å². The molecule has 0 aliphatic carbocycles. The van der Waals surface area contributed by atoms with Crippen molar-refractivity contribution >= 4 is 33.2 Å². The lowest BCUT2D eigenvalue weighted by atomic mass is 10.2. The van der Waals surface area contributed by atoms with E-state index in [1.807, 2.05) is 0 Å². The monoisotopic (exact) mass is 308 g/mol. The standard InChI is InChI=1S/C13H10BrFN2O/c14-12-5-4-9(16)7-11(12)13(18)17-10-3-1-2-8(15)6-10/h1-7H,16H2,(H,17,18). The molecule has 0 unspecified atom stereocenters. The van der Waals surface area contributed by atoms with E-state index >= 15 is 0 Å². The van der Waals surface area contributed by atoms with Gasteiger partial charge in [0.25, 0.3) is 5.91 Å². The SMILES string of the molecule is Nc1ccc(Br)c(C(=O)Nc2cccc(F)c2)c1. The predicted molar refractivity (Wildman–Crippen MR) is 72.9 cm³/mol. The Bertz CT molecular complexity index is 601. The molecule has 0 spiro atoms. The minimum Gasteiger partial charge on any atom is -0.399 e. The fourth-order valence-corrected chi connectivity index (χ4v) is 1.91. The van der Waals surface area contributed by atoms with Gasteiger partial charge in [0.1, 0.15) is 5.82 Å². The number of hydrogen-bond donors (Lipinski definition) is 2. The van der Waals surface area contributed by atoms with Crippen molar-refractivity contribution in [3.05, 3.63) is 58.3 Å². The molecule has 0 fully saturated rings. The minimum absolute atomic E-state index is 0.347. The summed E-state index contributed by atoms with van der Waals surface area (Å²) < 4.78 is 13.6. The largest absolute Gasteiger partial charge is 0.399 e. The van der Waals surface area contributed by atoms with Gasteiger partial charge in [0, 0.05) is 15.8 Å². The number of rotatable bonds is 2. The number of hydrogen-bond acceptors (Lipinski definition) is 2. The maximum Gasteiger partial charge on any atom is 0.256 e. The van der Waals surface area contributed by atoms with Gasteiger partial charge in [-0.25, -0.2) is 4.39 Å². The summed E-state index contributed by atoms with van der Waals surface area (Å²) in [6, 6.07) is 10.6. The fraction of sp³-hybridized carbons (Fsp3) is 0. The summed E-state index contributed by atoms with van der Waals surface area (Å²) in [7, 11) is 0. The van der Waals surface area contributed by atoms with Gasteiger partial charge >= 0.3 is 0 Å². The van der Waals surface area contributed by atoms with E-state index in [0.717, 1.165) is 0 Å². The molecule has 3 nitrogen and oxygen atoms in total. The van der Waals surface area contributed by atoms with E-state index in [4.69, 9.17) is 5.73 Å². The molecule has 0 atom stereocenters. The van der Waals surface area contributed by atoms with Crippen molar-refractivity contribution in [2.45, 2.75) is 0 Å². The Balaban J connectivity index is 2.24. The average molecular weight is 309 g/mol. The van der Waals surface area contributed by atoms with Crippen LogP contribution in [0.2, 0.25) is 0 Å². The predicted octanol–water partition coefficient (Wildman–Crippen LogP) is 3.42. The number of benzene rings is 2. The Morgan fingerprint density at radius 3 is 2.72 bits per heavy atom. The number of nitrogens with two attached hydrogens (primary N) is 1. The summed E-state index contributed by atoms with van der Waals surface area (Å²) in [4.78, 5) is 12.0. The molecule has 18 heavy (non-hydrogen) atoms. The van der Waals surface area contributed by atoms with Crippen LogP contribution in [-0.2, 0) is 0 Å². The molecular weight excluding hydrogens is 299 g/mol. The first-order valence-electron chi connectivity index (χ1n) is 5.18.